The molecule has 1 aliphatic rings. The van der Waals surface area contributed by atoms with Crippen LogP contribution in [-0.2, 0) is 9.53 Å². The predicted octanol–water partition coefficient (Wildman–Crippen LogP) is 4.64. The van der Waals surface area contributed by atoms with Crippen LogP contribution in [0.2, 0.25) is 0 Å². The van der Waals surface area contributed by atoms with Gasteiger partial charge >= 0.3 is 11.7 Å². The Bertz CT molecular complexity index is 1300. The lowest BCUT2D eigenvalue weighted by atomic mass is 10.2. The van der Waals surface area contributed by atoms with Crippen LogP contribution in [0, 0.1) is 20.2 Å². The first-order valence-corrected chi connectivity index (χ1v) is 9.19. The second-order valence-corrected chi connectivity index (χ2v) is 6.54. The molecule has 10 heteroatoms. The number of rotatable bonds is 6. The van der Waals surface area contributed by atoms with Gasteiger partial charge in [-0.3, -0.25) is 20.2 Å². The summed E-state index contributed by atoms with van der Waals surface area (Å²) < 4.78 is 10.8. The van der Waals surface area contributed by atoms with E-state index in [1.807, 2.05) is 6.07 Å². The molecule has 0 fully saturated rings. The van der Waals surface area contributed by atoms with Gasteiger partial charge in [-0.1, -0.05) is 30.3 Å². The van der Waals surface area contributed by atoms with E-state index in [-0.39, 0.29) is 23.1 Å². The van der Waals surface area contributed by atoms with Crippen LogP contribution in [-0.4, -0.2) is 21.7 Å². The van der Waals surface area contributed by atoms with E-state index in [9.17, 15) is 25.0 Å². The molecule has 0 spiro atoms. The van der Waals surface area contributed by atoms with E-state index < -0.39 is 27.2 Å². The van der Waals surface area contributed by atoms with Crippen molar-refractivity contribution in [1.82, 2.24) is 0 Å². The van der Waals surface area contributed by atoms with Crippen LogP contribution >= 0.6 is 0 Å². The molecule has 3 aromatic carbocycles. The molecule has 0 saturated heterocycles. The number of carbonyl (C=O) groups excluding carboxylic acids is 1. The summed E-state index contributed by atoms with van der Waals surface area (Å²) in [6, 6.07) is 18.5. The molecule has 0 saturated carbocycles. The fourth-order valence-corrected chi connectivity index (χ4v) is 2.91. The number of non-ortho nitro benzene ring substituents is 1. The van der Waals surface area contributed by atoms with Crippen LogP contribution < -0.4 is 4.74 Å². The normalized spacial score (nSPS) is 14.1. The number of hydrogen-bond donors (Lipinski definition) is 0. The number of hydrogen-bond acceptors (Lipinski definition) is 8. The maximum Gasteiger partial charge on any atom is 0.363 e. The topological polar surface area (TPSA) is 134 Å². The summed E-state index contributed by atoms with van der Waals surface area (Å²) in [6.07, 6.45) is 1.50. The summed E-state index contributed by atoms with van der Waals surface area (Å²) in [5.74, 6) is -0.345. The minimum atomic E-state index is -0.761. The van der Waals surface area contributed by atoms with E-state index in [1.54, 1.807) is 48.5 Å². The van der Waals surface area contributed by atoms with Crippen molar-refractivity contribution < 1.29 is 24.1 Å². The zero-order chi connectivity index (χ0) is 22.7. The highest BCUT2D eigenvalue weighted by molar-refractivity contribution is 6.12. The molecule has 1 heterocycles. The Labute approximate surface area is 180 Å². The minimum Gasteiger partial charge on any atom is -0.450 e. The van der Waals surface area contributed by atoms with Crippen molar-refractivity contribution in [3.8, 4) is 11.5 Å². The van der Waals surface area contributed by atoms with Gasteiger partial charge in [0.2, 0.25) is 11.6 Å². The molecule has 0 radical (unpaired) electrons. The SMILES string of the molecule is O=C1OC(c2ccccc2)=N/C1=C/c1cccc(Oc2ccc([N+](=O)[O-])cc2[N+](=O)[O-])c1. The van der Waals surface area contributed by atoms with Gasteiger partial charge in [-0.05, 0) is 42.0 Å². The van der Waals surface area contributed by atoms with E-state index in [0.29, 0.717) is 11.1 Å². The monoisotopic (exact) mass is 431 g/mol. The number of benzene rings is 3. The first kappa shape index (κ1) is 20.4. The third kappa shape index (κ3) is 4.33. The van der Waals surface area contributed by atoms with E-state index in [4.69, 9.17) is 9.47 Å². The summed E-state index contributed by atoms with van der Waals surface area (Å²) in [5, 5.41) is 22.2. The molecule has 4 rings (SSSR count). The molecule has 158 valence electrons. The van der Waals surface area contributed by atoms with E-state index >= 15 is 0 Å². The molecule has 0 aliphatic carbocycles. The van der Waals surface area contributed by atoms with Crippen molar-refractivity contribution in [2.24, 2.45) is 4.99 Å². The Hall–Kier alpha value is -4.86. The third-order valence-electron chi connectivity index (χ3n) is 4.38. The fourth-order valence-electron chi connectivity index (χ4n) is 2.91. The molecular formula is C22H13N3O7. The molecule has 0 atom stereocenters. The number of nitro groups is 2. The van der Waals surface area contributed by atoms with E-state index in [2.05, 4.69) is 4.99 Å². The summed E-state index contributed by atoms with van der Waals surface area (Å²) in [6.45, 7) is 0. The highest BCUT2D eigenvalue weighted by Gasteiger charge is 2.24. The molecule has 0 aromatic heterocycles. The average molecular weight is 431 g/mol. The number of ether oxygens (including phenoxy) is 2. The van der Waals surface area contributed by atoms with Gasteiger partial charge in [-0.2, -0.15) is 0 Å². The van der Waals surface area contributed by atoms with Gasteiger partial charge in [-0.25, -0.2) is 9.79 Å². The van der Waals surface area contributed by atoms with Crippen molar-refractivity contribution in [2.75, 3.05) is 0 Å². The van der Waals surface area contributed by atoms with E-state index in [1.165, 1.54) is 6.08 Å². The van der Waals surface area contributed by atoms with Crippen LogP contribution in [0.5, 0.6) is 11.5 Å². The molecule has 1 aliphatic heterocycles. The molecular weight excluding hydrogens is 418 g/mol. The molecule has 0 bridgehead atoms. The zero-order valence-corrected chi connectivity index (χ0v) is 16.2. The largest absolute Gasteiger partial charge is 0.450 e. The van der Waals surface area contributed by atoms with Gasteiger partial charge in [0.25, 0.3) is 5.69 Å². The van der Waals surface area contributed by atoms with Gasteiger partial charge in [-0.15, -0.1) is 0 Å². The fraction of sp³-hybridized carbons (Fsp3) is 0. The van der Waals surface area contributed by atoms with Crippen LogP contribution in [0.25, 0.3) is 6.08 Å². The number of esters is 1. The highest BCUT2D eigenvalue weighted by atomic mass is 16.6. The van der Waals surface area contributed by atoms with Crippen LogP contribution in [0.4, 0.5) is 11.4 Å². The van der Waals surface area contributed by atoms with Crippen molar-refractivity contribution in [1.29, 1.82) is 0 Å². The Morgan fingerprint density at radius 3 is 2.41 bits per heavy atom. The van der Waals surface area contributed by atoms with Gasteiger partial charge in [0.15, 0.2) is 5.70 Å². The molecule has 0 N–H and O–H groups in total. The van der Waals surface area contributed by atoms with Gasteiger partial charge < -0.3 is 9.47 Å². The van der Waals surface area contributed by atoms with Crippen molar-refractivity contribution in [3.05, 3.63) is 110 Å². The number of nitro benzene ring substituents is 2. The van der Waals surface area contributed by atoms with Crippen LogP contribution in [0.1, 0.15) is 11.1 Å². The van der Waals surface area contributed by atoms with E-state index in [0.717, 1.165) is 18.2 Å². The Kier molecular flexibility index (Phi) is 5.41. The van der Waals surface area contributed by atoms with Crippen LogP contribution in [0.3, 0.4) is 0 Å². The van der Waals surface area contributed by atoms with Gasteiger partial charge in [0.05, 0.1) is 15.9 Å². The molecule has 3 aromatic rings. The second-order valence-electron chi connectivity index (χ2n) is 6.54. The molecule has 10 nitrogen and oxygen atoms in total. The second kappa shape index (κ2) is 8.48. The number of nitrogens with zero attached hydrogens (tertiary/aromatic N) is 3. The summed E-state index contributed by atoms with van der Waals surface area (Å²) in [7, 11) is 0. The highest BCUT2D eigenvalue weighted by Crippen LogP contribution is 2.34. The molecule has 0 amide bonds. The molecule has 32 heavy (non-hydrogen) atoms. The lowest BCUT2D eigenvalue weighted by Crippen LogP contribution is -2.04. The number of aliphatic imine (C=N–C) groups is 1. The van der Waals surface area contributed by atoms with Gasteiger partial charge in [0, 0.05) is 11.6 Å². The lowest BCUT2D eigenvalue weighted by Gasteiger charge is -2.07. The van der Waals surface area contributed by atoms with Crippen LogP contribution in [0.15, 0.2) is 83.5 Å². The maximum atomic E-state index is 12.2. The number of carbonyl (C=O) groups is 1. The van der Waals surface area contributed by atoms with Gasteiger partial charge in [0.1, 0.15) is 5.75 Å². The Balaban J connectivity index is 1.61. The summed E-state index contributed by atoms with van der Waals surface area (Å²) in [5.41, 5.74) is 0.319. The minimum absolute atomic E-state index is 0.0855. The summed E-state index contributed by atoms with van der Waals surface area (Å²) >= 11 is 0. The smallest absolute Gasteiger partial charge is 0.363 e. The van der Waals surface area contributed by atoms with Crippen molar-refractivity contribution >= 4 is 29.3 Å². The maximum absolute atomic E-state index is 12.2. The Morgan fingerprint density at radius 1 is 0.906 bits per heavy atom. The first-order valence-electron chi connectivity index (χ1n) is 9.19. The van der Waals surface area contributed by atoms with Crippen molar-refractivity contribution in [3.63, 3.8) is 0 Å². The summed E-state index contributed by atoms with van der Waals surface area (Å²) in [4.78, 5) is 37.1. The third-order valence-corrected chi connectivity index (χ3v) is 4.38. The average Bonchev–Trinajstić information content (AvgIpc) is 3.15. The number of cyclic esters (lactones) is 1. The lowest BCUT2D eigenvalue weighted by molar-refractivity contribution is -0.394. The quantitative estimate of drug-likeness (QED) is 0.240. The Morgan fingerprint density at radius 2 is 1.69 bits per heavy atom. The van der Waals surface area contributed by atoms with Crippen molar-refractivity contribution in [2.45, 2.75) is 0 Å². The predicted molar refractivity (Wildman–Crippen MR) is 113 cm³/mol. The first-order chi connectivity index (χ1) is 15.4. The standard InChI is InChI=1S/C22H13N3O7/c26-22-18(23-21(32-22)15-6-2-1-3-7-15)12-14-5-4-8-17(11-14)31-20-10-9-16(24(27)28)13-19(20)25(29)30/h1-13H/b18-12+. The zero-order valence-electron chi connectivity index (χ0n) is 16.2. The molecule has 0 unspecified atom stereocenters.